The molecule has 0 bridgehead atoms. The molecule has 1 aliphatic rings. The van der Waals surface area contributed by atoms with Crippen LogP contribution in [0.3, 0.4) is 0 Å². The van der Waals surface area contributed by atoms with Crippen molar-refractivity contribution < 1.29 is 19.1 Å². The Balaban J connectivity index is 1.57. The first kappa shape index (κ1) is 24.7. The smallest absolute Gasteiger partial charge is 0.265 e. The number of carbonyl (C=O) groups excluding carboxylic acids is 2. The molecule has 1 aromatic carbocycles. The predicted octanol–water partition coefficient (Wildman–Crippen LogP) is 2.45. The van der Waals surface area contributed by atoms with Gasteiger partial charge in [-0.2, -0.15) is 0 Å². The Labute approximate surface area is 215 Å². The van der Waals surface area contributed by atoms with Crippen molar-refractivity contribution in [2.24, 2.45) is 7.05 Å². The molecule has 5 rings (SSSR count). The highest BCUT2D eigenvalue weighted by atomic mass is 35.5. The topological polar surface area (TPSA) is 122 Å². The van der Waals surface area contributed by atoms with E-state index in [0.29, 0.717) is 27.8 Å². The van der Waals surface area contributed by atoms with E-state index >= 15 is 0 Å². The van der Waals surface area contributed by atoms with Gasteiger partial charge in [0.2, 0.25) is 5.91 Å². The van der Waals surface area contributed by atoms with E-state index < -0.39 is 29.6 Å². The van der Waals surface area contributed by atoms with E-state index in [1.165, 1.54) is 36.2 Å². The Morgan fingerprint density at radius 3 is 2.68 bits per heavy atom. The molecule has 0 spiro atoms. The number of rotatable bonds is 5. The fourth-order valence-corrected chi connectivity index (χ4v) is 4.67. The number of aryl methyl sites for hydroxylation is 2. The summed E-state index contributed by atoms with van der Waals surface area (Å²) in [5.41, 5.74) is -0.334. The normalized spacial score (nSPS) is 14.7. The summed E-state index contributed by atoms with van der Waals surface area (Å²) < 4.78 is 17.0. The minimum atomic E-state index is -1.46. The Kier molecular flexibility index (Phi) is 5.90. The number of alkyl halides is 1. The standard InChI is InChI=1S/C25H24ClFN6O4/c1-13-30-18-9-28-22-15(21(18)31(13)3)7-16(23(36)29-8-14-4-5-17(26)19(34)6-14)24(37)33(22)10-20(35)32-11-25(2,27)12-32/h4-7,9,34H,8,10-12H2,1-3H3,(H,29,36). The van der Waals surface area contributed by atoms with Crippen LogP contribution in [0, 0.1) is 6.92 Å². The van der Waals surface area contributed by atoms with Crippen LogP contribution in [0.1, 0.15) is 28.7 Å². The molecule has 0 saturated carbocycles. The van der Waals surface area contributed by atoms with Gasteiger partial charge in [-0.25, -0.2) is 14.4 Å². The zero-order chi connectivity index (χ0) is 26.6. The number of halogens is 2. The van der Waals surface area contributed by atoms with Crippen molar-refractivity contribution in [3.63, 3.8) is 0 Å². The van der Waals surface area contributed by atoms with Crippen LogP contribution in [0.25, 0.3) is 22.1 Å². The summed E-state index contributed by atoms with van der Waals surface area (Å²) in [6.07, 6.45) is 1.51. The SMILES string of the molecule is Cc1nc2cnc3c(cc(C(=O)NCc4ccc(Cl)c(O)c4)c(=O)n3CC(=O)N3CC(C)(F)C3)c2n1C. The van der Waals surface area contributed by atoms with Gasteiger partial charge in [-0.3, -0.25) is 19.0 Å². The van der Waals surface area contributed by atoms with E-state index in [-0.39, 0.29) is 41.6 Å². The van der Waals surface area contributed by atoms with E-state index in [0.717, 1.165) is 4.57 Å². The van der Waals surface area contributed by atoms with Crippen molar-refractivity contribution in [2.75, 3.05) is 13.1 Å². The van der Waals surface area contributed by atoms with Gasteiger partial charge in [0, 0.05) is 19.0 Å². The molecule has 10 nitrogen and oxygen atoms in total. The van der Waals surface area contributed by atoms with Crippen LogP contribution in [-0.2, 0) is 24.9 Å². The maximum atomic E-state index is 14.0. The molecule has 0 atom stereocenters. The number of imidazole rings is 1. The van der Waals surface area contributed by atoms with Crippen LogP contribution in [0.2, 0.25) is 5.02 Å². The third-order valence-electron chi connectivity index (χ3n) is 6.57. The number of hydrogen-bond acceptors (Lipinski definition) is 6. The maximum absolute atomic E-state index is 14.0. The third-order valence-corrected chi connectivity index (χ3v) is 6.89. The fraction of sp³-hybridized carbons (Fsp3) is 0.320. The zero-order valence-corrected chi connectivity index (χ0v) is 21.1. The number of phenols is 1. The Morgan fingerprint density at radius 1 is 1.27 bits per heavy atom. The van der Waals surface area contributed by atoms with E-state index in [1.807, 2.05) is 11.5 Å². The first-order chi connectivity index (χ1) is 17.4. The van der Waals surface area contributed by atoms with Gasteiger partial charge in [0.1, 0.15) is 40.5 Å². The molecule has 3 aromatic heterocycles. The average Bonchev–Trinajstić information content (AvgIpc) is 3.13. The molecule has 0 aliphatic carbocycles. The molecule has 192 valence electrons. The highest BCUT2D eigenvalue weighted by Crippen LogP contribution is 2.27. The number of carbonyl (C=O) groups is 2. The summed E-state index contributed by atoms with van der Waals surface area (Å²) in [6, 6.07) is 6.00. The molecule has 2 amide bonds. The summed E-state index contributed by atoms with van der Waals surface area (Å²) in [7, 11) is 1.81. The predicted molar refractivity (Wildman–Crippen MR) is 135 cm³/mol. The van der Waals surface area contributed by atoms with Gasteiger partial charge in [0.05, 0.1) is 29.8 Å². The van der Waals surface area contributed by atoms with Crippen LogP contribution in [0.5, 0.6) is 5.75 Å². The number of hydrogen-bond donors (Lipinski definition) is 2. The summed E-state index contributed by atoms with van der Waals surface area (Å²) in [5, 5.41) is 13.2. The molecule has 1 aliphatic heterocycles. The van der Waals surface area contributed by atoms with Crippen molar-refractivity contribution in [3.05, 3.63) is 62.8 Å². The quantitative estimate of drug-likeness (QED) is 0.412. The molecule has 0 radical (unpaired) electrons. The van der Waals surface area contributed by atoms with Gasteiger partial charge in [0.25, 0.3) is 11.5 Å². The molecule has 2 N–H and O–H groups in total. The monoisotopic (exact) mass is 526 g/mol. The number of fused-ring (bicyclic) bond motifs is 3. The number of benzene rings is 1. The number of aromatic hydroxyl groups is 1. The Hall–Kier alpha value is -3.99. The summed E-state index contributed by atoms with van der Waals surface area (Å²) in [6.45, 7) is 2.73. The lowest BCUT2D eigenvalue weighted by atomic mass is 9.99. The minimum Gasteiger partial charge on any atom is -0.506 e. The average molecular weight is 527 g/mol. The summed E-state index contributed by atoms with van der Waals surface area (Å²) >= 11 is 5.84. The van der Waals surface area contributed by atoms with Crippen LogP contribution in [0.4, 0.5) is 4.39 Å². The lowest BCUT2D eigenvalue weighted by molar-refractivity contribution is -0.144. The van der Waals surface area contributed by atoms with Crippen LogP contribution in [-0.4, -0.2) is 59.7 Å². The lowest BCUT2D eigenvalue weighted by Gasteiger charge is -2.42. The first-order valence-corrected chi connectivity index (χ1v) is 11.9. The molecule has 4 heterocycles. The molecule has 1 saturated heterocycles. The second-order valence-electron chi connectivity index (χ2n) is 9.53. The lowest BCUT2D eigenvalue weighted by Crippen LogP contribution is -2.60. The fourth-order valence-electron chi connectivity index (χ4n) is 4.55. The molecule has 0 unspecified atom stereocenters. The van der Waals surface area contributed by atoms with Gasteiger partial charge in [0.15, 0.2) is 0 Å². The highest BCUT2D eigenvalue weighted by molar-refractivity contribution is 6.32. The number of amides is 2. The Bertz CT molecular complexity index is 1650. The molecule has 1 fully saturated rings. The van der Waals surface area contributed by atoms with E-state index in [1.54, 1.807) is 13.1 Å². The number of aromatic nitrogens is 4. The van der Waals surface area contributed by atoms with Crippen LogP contribution >= 0.6 is 11.6 Å². The molecule has 37 heavy (non-hydrogen) atoms. The van der Waals surface area contributed by atoms with Crippen molar-refractivity contribution in [3.8, 4) is 5.75 Å². The zero-order valence-electron chi connectivity index (χ0n) is 20.4. The van der Waals surface area contributed by atoms with Crippen molar-refractivity contribution in [1.29, 1.82) is 0 Å². The molecular weight excluding hydrogens is 503 g/mol. The number of likely N-dealkylation sites (tertiary alicyclic amines) is 1. The largest absolute Gasteiger partial charge is 0.506 e. The summed E-state index contributed by atoms with van der Waals surface area (Å²) in [5.74, 6) is -0.542. The Morgan fingerprint density at radius 2 is 2.00 bits per heavy atom. The second-order valence-corrected chi connectivity index (χ2v) is 9.94. The number of pyridine rings is 2. The van der Waals surface area contributed by atoms with Crippen LogP contribution in [0.15, 0.2) is 35.3 Å². The summed E-state index contributed by atoms with van der Waals surface area (Å²) in [4.78, 5) is 49.7. The van der Waals surface area contributed by atoms with Crippen molar-refractivity contribution in [1.82, 2.24) is 29.3 Å². The van der Waals surface area contributed by atoms with Gasteiger partial charge in [-0.05, 0) is 37.6 Å². The number of nitrogens with one attached hydrogen (secondary N) is 1. The van der Waals surface area contributed by atoms with Gasteiger partial charge in [-0.1, -0.05) is 17.7 Å². The maximum Gasteiger partial charge on any atom is 0.265 e. The number of phenolic OH excluding ortho intramolecular Hbond substituents is 1. The van der Waals surface area contributed by atoms with Gasteiger partial charge >= 0.3 is 0 Å². The molecular formula is C25H24ClFN6O4. The van der Waals surface area contributed by atoms with Gasteiger partial charge < -0.3 is 19.9 Å². The van der Waals surface area contributed by atoms with Crippen molar-refractivity contribution in [2.45, 2.75) is 32.6 Å². The van der Waals surface area contributed by atoms with E-state index in [4.69, 9.17) is 11.6 Å². The highest BCUT2D eigenvalue weighted by Gasteiger charge is 2.41. The minimum absolute atomic E-state index is 0.0239. The third kappa shape index (κ3) is 4.39. The number of nitrogens with zero attached hydrogens (tertiary/aromatic N) is 5. The van der Waals surface area contributed by atoms with E-state index in [9.17, 15) is 23.9 Å². The first-order valence-electron chi connectivity index (χ1n) is 11.5. The second kappa shape index (κ2) is 8.84. The molecule has 12 heteroatoms. The molecule has 4 aromatic rings. The van der Waals surface area contributed by atoms with Crippen LogP contribution < -0.4 is 10.9 Å². The van der Waals surface area contributed by atoms with Gasteiger partial charge in [-0.15, -0.1) is 0 Å². The van der Waals surface area contributed by atoms with E-state index in [2.05, 4.69) is 15.3 Å². The van der Waals surface area contributed by atoms with Crippen molar-refractivity contribution >= 4 is 45.5 Å².